The maximum atomic E-state index is 12.6. The number of hydrogen-bond donors (Lipinski definition) is 2. The quantitative estimate of drug-likeness (QED) is 0.829. The van der Waals surface area contributed by atoms with E-state index in [1.807, 2.05) is 34.2 Å². The Morgan fingerprint density at radius 3 is 3.09 bits per heavy atom. The van der Waals surface area contributed by atoms with Crippen molar-refractivity contribution in [2.24, 2.45) is 0 Å². The molecule has 4 nitrogen and oxygen atoms in total. The van der Waals surface area contributed by atoms with Gasteiger partial charge in [0.25, 0.3) is 0 Å². The Hall–Kier alpha value is -0.270. The van der Waals surface area contributed by atoms with Gasteiger partial charge in [-0.2, -0.15) is 11.8 Å². The van der Waals surface area contributed by atoms with Crippen LogP contribution in [0, 0.1) is 0 Å². The van der Waals surface area contributed by atoms with Gasteiger partial charge < -0.3 is 15.3 Å². The van der Waals surface area contributed by atoms with E-state index in [9.17, 15) is 9.90 Å². The maximum absolute atomic E-state index is 12.6. The van der Waals surface area contributed by atoms with E-state index in [0.717, 1.165) is 42.3 Å². The van der Waals surface area contributed by atoms with Crippen LogP contribution >= 0.6 is 35.5 Å². The van der Waals surface area contributed by atoms with E-state index in [0.29, 0.717) is 18.9 Å². The molecule has 2 aliphatic heterocycles. The second kappa shape index (κ2) is 9.28. The van der Waals surface area contributed by atoms with E-state index in [1.54, 1.807) is 11.3 Å². The molecule has 0 saturated carbocycles. The first kappa shape index (κ1) is 19.1. The SMILES string of the molecule is Cl.O=C(CC1CSCCN1)N1CCCC1CC(O)c1cccs1. The van der Waals surface area contributed by atoms with Crippen molar-refractivity contribution in [3.05, 3.63) is 22.4 Å². The molecule has 0 aliphatic carbocycles. The van der Waals surface area contributed by atoms with Crippen LogP contribution in [-0.2, 0) is 4.79 Å². The van der Waals surface area contributed by atoms with Gasteiger partial charge in [0.2, 0.25) is 5.91 Å². The standard InChI is InChI=1S/C16H24N2O2S2.ClH/c19-14(15-4-2-7-22-15)10-13-3-1-6-18(13)16(20)9-12-11-21-8-5-17-12;/h2,4,7,12-14,17,19H,1,3,5-6,8-11H2;1H. The molecule has 0 spiro atoms. The average molecular weight is 377 g/mol. The van der Waals surface area contributed by atoms with Crippen LogP contribution in [0.15, 0.2) is 17.5 Å². The zero-order valence-corrected chi connectivity index (χ0v) is 15.6. The number of carbonyl (C=O) groups excluding carboxylic acids is 1. The number of thiophene rings is 1. The number of likely N-dealkylation sites (tertiary alicyclic amines) is 1. The molecular formula is C16H25ClN2O2S2. The number of aliphatic hydroxyl groups excluding tert-OH is 1. The van der Waals surface area contributed by atoms with Crippen LogP contribution in [-0.4, -0.2) is 52.6 Å². The normalized spacial score (nSPS) is 25.9. The predicted molar refractivity (Wildman–Crippen MR) is 99.6 cm³/mol. The molecule has 0 radical (unpaired) electrons. The Morgan fingerprint density at radius 1 is 1.52 bits per heavy atom. The van der Waals surface area contributed by atoms with Crippen molar-refractivity contribution in [3.63, 3.8) is 0 Å². The third-order valence-corrected chi connectivity index (χ3v) is 6.59. The third-order valence-electron chi connectivity index (χ3n) is 4.48. The Kier molecular flexibility index (Phi) is 7.69. The minimum absolute atomic E-state index is 0. The molecule has 0 bridgehead atoms. The summed E-state index contributed by atoms with van der Waals surface area (Å²) in [6, 6.07) is 4.45. The van der Waals surface area contributed by atoms with Gasteiger partial charge in [-0.1, -0.05) is 6.07 Å². The number of hydrogen-bond acceptors (Lipinski definition) is 5. The molecule has 1 aromatic heterocycles. The van der Waals surface area contributed by atoms with E-state index in [2.05, 4.69) is 5.32 Å². The smallest absolute Gasteiger partial charge is 0.224 e. The molecule has 1 amide bonds. The van der Waals surface area contributed by atoms with Gasteiger partial charge >= 0.3 is 0 Å². The van der Waals surface area contributed by atoms with Crippen molar-refractivity contribution >= 4 is 41.4 Å². The number of thioether (sulfide) groups is 1. The number of carbonyl (C=O) groups is 1. The van der Waals surface area contributed by atoms with Gasteiger partial charge in [0.15, 0.2) is 0 Å². The largest absolute Gasteiger partial charge is 0.387 e. The number of nitrogens with zero attached hydrogens (tertiary/aromatic N) is 1. The minimum Gasteiger partial charge on any atom is -0.387 e. The Balaban J connectivity index is 0.00000192. The molecule has 2 saturated heterocycles. The van der Waals surface area contributed by atoms with Gasteiger partial charge in [-0.25, -0.2) is 0 Å². The van der Waals surface area contributed by atoms with Gasteiger partial charge in [0, 0.05) is 48.0 Å². The van der Waals surface area contributed by atoms with E-state index >= 15 is 0 Å². The topological polar surface area (TPSA) is 52.6 Å². The van der Waals surface area contributed by atoms with Crippen molar-refractivity contribution in [2.45, 2.75) is 43.9 Å². The highest BCUT2D eigenvalue weighted by Gasteiger charge is 2.32. The molecule has 1 aromatic rings. The van der Waals surface area contributed by atoms with Crippen LogP contribution < -0.4 is 5.32 Å². The second-order valence-corrected chi connectivity index (χ2v) is 8.21. The zero-order chi connectivity index (χ0) is 15.4. The van der Waals surface area contributed by atoms with E-state index in [-0.39, 0.29) is 24.4 Å². The van der Waals surface area contributed by atoms with Crippen LogP contribution in [0.5, 0.6) is 0 Å². The van der Waals surface area contributed by atoms with Crippen molar-refractivity contribution in [2.75, 3.05) is 24.6 Å². The van der Waals surface area contributed by atoms with Crippen LogP contribution in [0.2, 0.25) is 0 Å². The van der Waals surface area contributed by atoms with Crippen LogP contribution in [0.4, 0.5) is 0 Å². The van der Waals surface area contributed by atoms with Crippen molar-refractivity contribution < 1.29 is 9.90 Å². The lowest BCUT2D eigenvalue weighted by Gasteiger charge is -2.29. The van der Waals surface area contributed by atoms with Crippen LogP contribution in [0.25, 0.3) is 0 Å². The van der Waals surface area contributed by atoms with Gasteiger partial charge in [-0.05, 0) is 30.7 Å². The monoisotopic (exact) mass is 376 g/mol. The molecule has 23 heavy (non-hydrogen) atoms. The molecule has 2 N–H and O–H groups in total. The summed E-state index contributed by atoms with van der Waals surface area (Å²) in [5, 5.41) is 15.8. The summed E-state index contributed by atoms with van der Waals surface area (Å²) in [6.45, 7) is 1.85. The lowest BCUT2D eigenvalue weighted by atomic mass is 10.1. The molecule has 3 heterocycles. The number of nitrogens with one attached hydrogen (secondary N) is 1. The first-order chi connectivity index (χ1) is 10.7. The Labute approximate surface area is 152 Å². The lowest BCUT2D eigenvalue weighted by molar-refractivity contribution is -0.132. The number of amides is 1. The van der Waals surface area contributed by atoms with E-state index in [4.69, 9.17) is 0 Å². The number of aliphatic hydroxyl groups is 1. The second-order valence-electron chi connectivity index (χ2n) is 6.08. The molecular weight excluding hydrogens is 352 g/mol. The van der Waals surface area contributed by atoms with Crippen molar-refractivity contribution in [1.82, 2.24) is 10.2 Å². The van der Waals surface area contributed by atoms with Gasteiger partial charge in [0.05, 0.1) is 6.10 Å². The van der Waals surface area contributed by atoms with Gasteiger partial charge in [-0.15, -0.1) is 23.7 Å². The first-order valence-electron chi connectivity index (χ1n) is 8.06. The molecule has 130 valence electrons. The maximum Gasteiger partial charge on any atom is 0.224 e. The van der Waals surface area contributed by atoms with Gasteiger partial charge in [-0.3, -0.25) is 4.79 Å². The average Bonchev–Trinajstić information content (AvgIpc) is 3.19. The molecule has 3 rings (SSSR count). The molecule has 2 aliphatic rings. The lowest BCUT2D eigenvalue weighted by Crippen LogP contribution is -2.44. The predicted octanol–water partition coefficient (Wildman–Crippen LogP) is 2.68. The number of halogens is 1. The van der Waals surface area contributed by atoms with Crippen molar-refractivity contribution in [1.29, 1.82) is 0 Å². The minimum atomic E-state index is -0.443. The van der Waals surface area contributed by atoms with E-state index in [1.165, 1.54) is 0 Å². The fraction of sp³-hybridized carbons (Fsp3) is 0.688. The highest BCUT2D eigenvalue weighted by molar-refractivity contribution is 7.99. The van der Waals surface area contributed by atoms with Crippen molar-refractivity contribution in [3.8, 4) is 0 Å². The summed E-state index contributed by atoms with van der Waals surface area (Å²) in [6.07, 6.45) is 2.89. The third kappa shape index (κ3) is 5.10. The zero-order valence-electron chi connectivity index (χ0n) is 13.1. The van der Waals surface area contributed by atoms with Crippen LogP contribution in [0.3, 0.4) is 0 Å². The van der Waals surface area contributed by atoms with E-state index < -0.39 is 6.10 Å². The fourth-order valence-electron chi connectivity index (χ4n) is 3.34. The highest BCUT2D eigenvalue weighted by atomic mass is 35.5. The van der Waals surface area contributed by atoms with Crippen LogP contribution in [0.1, 0.15) is 36.7 Å². The Morgan fingerprint density at radius 2 is 2.39 bits per heavy atom. The Bertz CT molecular complexity index is 480. The highest BCUT2D eigenvalue weighted by Crippen LogP contribution is 2.30. The molecule has 7 heteroatoms. The molecule has 3 unspecified atom stereocenters. The fourth-order valence-corrected chi connectivity index (χ4v) is 5.02. The molecule has 2 fully saturated rings. The summed E-state index contributed by atoms with van der Waals surface area (Å²) in [5.74, 6) is 2.42. The molecule has 3 atom stereocenters. The molecule has 0 aromatic carbocycles. The first-order valence-corrected chi connectivity index (χ1v) is 10.1. The number of rotatable bonds is 5. The summed E-state index contributed by atoms with van der Waals surface area (Å²) in [7, 11) is 0. The summed E-state index contributed by atoms with van der Waals surface area (Å²) >= 11 is 3.51. The summed E-state index contributed by atoms with van der Waals surface area (Å²) < 4.78 is 0. The summed E-state index contributed by atoms with van der Waals surface area (Å²) in [5.41, 5.74) is 0. The summed E-state index contributed by atoms with van der Waals surface area (Å²) in [4.78, 5) is 15.6. The van der Waals surface area contributed by atoms with Gasteiger partial charge in [0.1, 0.15) is 0 Å².